The zero-order chi connectivity index (χ0) is 16.7. The summed E-state index contributed by atoms with van der Waals surface area (Å²) in [6.07, 6.45) is 0.478. The molecule has 1 unspecified atom stereocenters. The quantitative estimate of drug-likeness (QED) is 0.836. The normalized spacial score (nSPS) is 17.6. The Kier molecular flexibility index (Phi) is 6.92. The minimum Gasteiger partial charge on any atom is -0.339 e. The number of nitrogens with one attached hydrogen (secondary N) is 2. The van der Waals surface area contributed by atoms with E-state index in [-0.39, 0.29) is 17.9 Å². The molecule has 1 heterocycles. The molecule has 0 aliphatic carbocycles. The van der Waals surface area contributed by atoms with Gasteiger partial charge in [0.2, 0.25) is 11.8 Å². The van der Waals surface area contributed by atoms with Gasteiger partial charge in [-0.05, 0) is 18.6 Å². The van der Waals surface area contributed by atoms with Crippen LogP contribution in [0.4, 0.5) is 5.69 Å². The first-order valence-electron chi connectivity index (χ1n) is 8.04. The van der Waals surface area contributed by atoms with Crippen LogP contribution >= 0.6 is 11.8 Å². The zero-order valence-corrected chi connectivity index (χ0v) is 14.6. The number of benzene rings is 1. The van der Waals surface area contributed by atoms with E-state index in [0.717, 1.165) is 29.3 Å². The molecular weight excluding hydrogens is 310 g/mol. The van der Waals surface area contributed by atoms with Crippen LogP contribution in [0.2, 0.25) is 0 Å². The van der Waals surface area contributed by atoms with Gasteiger partial charge in [0.15, 0.2) is 0 Å². The molecule has 5 nitrogen and oxygen atoms in total. The summed E-state index contributed by atoms with van der Waals surface area (Å²) in [5.74, 6) is 2.14. The van der Waals surface area contributed by atoms with Crippen molar-refractivity contribution in [2.75, 3.05) is 29.9 Å². The topological polar surface area (TPSA) is 61.4 Å². The number of carbonyl (C=O) groups is 2. The molecule has 0 radical (unpaired) electrons. The largest absolute Gasteiger partial charge is 0.339 e. The molecule has 0 spiro atoms. The first kappa shape index (κ1) is 17.8. The van der Waals surface area contributed by atoms with E-state index in [4.69, 9.17) is 0 Å². The number of rotatable bonds is 6. The van der Waals surface area contributed by atoms with Gasteiger partial charge in [0.05, 0.1) is 0 Å². The average molecular weight is 335 g/mol. The standard InChI is InChI=1S/C17H25N3O2S/c1-3-20(13(2)21)11-14-6-4-5-7-16(14)19-17(22)10-15-12-23-9-8-18-15/h4-7,15,18H,3,8-12H2,1-2H3,(H,19,22). The summed E-state index contributed by atoms with van der Waals surface area (Å²) in [6, 6.07) is 7.92. The summed E-state index contributed by atoms with van der Waals surface area (Å²) in [4.78, 5) is 25.6. The molecule has 1 aromatic rings. The molecule has 1 saturated heterocycles. The van der Waals surface area contributed by atoms with Crippen molar-refractivity contribution in [3.8, 4) is 0 Å². The molecule has 23 heavy (non-hydrogen) atoms. The fourth-order valence-corrected chi connectivity index (χ4v) is 3.56. The van der Waals surface area contributed by atoms with Crippen LogP contribution in [0.1, 0.15) is 25.8 Å². The van der Waals surface area contributed by atoms with E-state index < -0.39 is 0 Å². The Morgan fingerprint density at radius 1 is 1.39 bits per heavy atom. The minimum absolute atomic E-state index is 0.0170. The first-order chi connectivity index (χ1) is 11.1. The number of hydrogen-bond donors (Lipinski definition) is 2. The Hall–Kier alpha value is -1.53. The third-order valence-electron chi connectivity index (χ3n) is 3.91. The summed E-state index contributed by atoms with van der Waals surface area (Å²) < 4.78 is 0. The van der Waals surface area contributed by atoms with Crippen LogP contribution < -0.4 is 10.6 Å². The van der Waals surface area contributed by atoms with E-state index in [0.29, 0.717) is 19.5 Å². The van der Waals surface area contributed by atoms with Crippen molar-refractivity contribution >= 4 is 29.3 Å². The molecule has 1 aliphatic heterocycles. The molecule has 0 bridgehead atoms. The van der Waals surface area contributed by atoms with E-state index in [9.17, 15) is 9.59 Å². The Balaban J connectivity index is 1.98. The first-order valence-corrected chi connectivity index (χ1v) is 9.20. The molecule has 2 rings (SSSR count). The maximum absolute atomic E-state index is 12.3. The van der Waals surface area contributed by atoms with E-state index in [1.54, 1.807) is 11.8 Å². The second-order valence-electron chi connectivity index (χ2n) is 5.67. The van der Waals surface area contributed by atoms with Gasteiger partial charge in [0.25, 0.3) is 0 Å². The smallest absolute Gasteiger partial charge is 0.225 e. The van der Waals surface area contributed by atoms with Crippen LogP contribution in [0.5, 0.6) is 0 Å². The van der Waals surface area contributed by atoms with Gasteiger partial charge in [-0.2, -0.15) is 11.8 Å². The second-order valence-corrected chi connectivity index (χ2v) is 6.82. The van der Waals surface area contributed by atoms with Gasteiger partial charge in [-0.25, -0.2) is 0 Å². The van der Waals surface area contributed by atoms with Gasteiger partial charge in [-0.1, -0.05) is 18.2 Å². The van der Waals surface area contributed by atoms with Gasteiger partial charge in [0.1, 0.15) is 0 Å². The van der Waals surface area contributed by atoms with Crippen molar-refractivity contribution in [3.63, 3.8) is 0 Å². The minimum atomic E-state index is 0.0170. The fourth-order valence-electron chi connectivity index (χ4n) is 2.61. The van der Waals surface area contributed by atoms with Crippen LogP contribution in [-0.2, 0) is 16.1 Å². The van der Waals surface area contributed by atoms with Crippen LogP contribution in [0.3, 0.4) is 0 Å². The predicted molar refractivity (Wildman–Crippen MR) is 95.6 cm³/mol. The Labute approximate surface area is 142 Å². The number of para-hydroxylation sites is 1. The van der Waals surface area contributed by atoms with Crippen molar-refractivity contribution in [2.45, 2.75) is 32.9 Å². The lowest BCUT2D eigenvalue weighted by Gasteiger charge is -2.23. The number of hydrogen-bond acceptors (Lipinski definition) is 4. The Bertz CT molecular complexity index is 544. The summed E-state index contributed by atoms with van der Waals surface area (Å²) in [6.45, 7) is 5.65. The lowest BCUT2D eigenvalue weighted by atomic mass is 10.1. The molecule has 1 aliphatic rings. The highest BCUT2D eigenvalue weighted by Gasteiger charge is 2.18. The summed E-state index contributed by atoms with van der Waals surface area (Å²) in [5.41, 5.74) is 1.75. The predicted octanol–water partition coefficient (Wildman–Crippen LogP) is 2.09. The van der Waals surface area contributed by atoms with Crippen LogP contribution in [0, 0.1) is 0 Å². The maximum atomic E-state index is 12.3. The molecule has 126 valence electrons. The lowest BCUT2D eigenvalue weighted by molar-refractivity contribution is -0.129. The van der Waals surface area contributed by atoms with Gasteiger partial charge in [0, 0.05) is 56.2 Å². The monoisotopic (exact) mass is 335 g/mol. The Morgan fingerprint density at radius 3 is 2.83 bits per heavy atom. The number of anilines is 1. The lowest BCUT2D eigenvalue weighted by Crippen LogP contribution is -2.40. The molecular formula is C17H25N3O2S. The third kappa shape index (κ3) is 5.55. The summed E-state index contributed by atoms with van der Waals surface area (Å²) in [7, 11) is 0. The van der Waals surface area contributed by atoms with Gasteiger partial charge in [-0.3, -0.25) is 9.59 Å². The number of amides is 2. The third-order valence-corrected chi connectivity index (χ3v) is 5.04. The SMILES string of the molecule is CCN(Cc1ccccc1NC(=O)CC1CSCCN1)C(C)=O. The van der Waals surface area contributed by atoms with E-state index in [2.05, 4.69) is 10.6 Å². The molecule has 2 N–H and O–H groups in total. The molecule has 1 fully saturated rings. The molecule has 6 heteroatoms. The van der Waals surface area contributed by atoms with Crippen molar-refractivity contribution in [1.82, 2.24) is 10.2 Å². The van der Waals surface area contributed by atoms with Crippen molar-refractivity contribution < 1.29 is 9.59 Å². The molecule has 0 aromatic heterocycles. The number of carbonyl (C=O) groups excluding carboxylic acids is 2. The van der Waals surface area contributed by atoms with Crippen molar-refractivity contribution in [3.05, 3.63) is 29.8 Å². The van der Waals surface area contributed by atoms with Crippen molar-refractivity contribution in [1.29, 1.82) is 0 Å². The highest BCUT2D eigenvalue weighted by molar-refractivity contribution is 7.99. The zero-order valence-electron chi connectivity index (χ0n) is 13.8. The average Bonchev–Trinajstić information content (AvgIpc) is 2.54. The molecule has 0 saturated carbocycles. The van der Waals surface area contributed by atoms with E-state index in [1.807, 2.05) is 43.0 Å². The van der Waals surface area contributed by atoms with Gasteiger partial charge >= 0.3 is 0 Å². The Morgan fingerprint density at radius 2 is 2.17 bits per heavy atom. The second kappa shape index (κ2) is 8.93. The molecule has 1 atom stereocenters. The number of nitrogens with zero attached hydrogens (tertiary/aromatic N) is 1. The molecule has 1 aromatic carbocycles. The summed E-state index contributed by atoms with van der Waals surface area (Å²) in [5, 5.41) is 6.37. The van der Waals surface area contributed by atoms with Crippen LogP contribution in [0.25, 0.3) is 0 Å². The number of thioether (sulfide) groups is 1. The van der Waals surface area contributed by atoms with E-state index in [1.165, 1.54) is 0 Å². The highest BCUT2D eigenvalue weighted by Crippen LogP contribution is 2.18. The highest BCUT2D eigenvalue weighted by atomic mass is 32.2. The van der Waals surface area contributed by atoms with E-state index >= 15 is 0 Å². The maximum Gasteiger partial charge on any atom is 0.225 e. The van der Waals surface area contributed by atoms with Gasteiger partial charge in [-0.15, -0.1) is 0 Å². The van der Waals surface area contributed by atoms with Gasteiger partial charge < -0.3 is 15.5 Å². The molecule has 2 amide bonds. The summed E-state index contributed by atoms with van der Waals surface area (Å²) >= 11 is 1.88. The van der Waals surface area contributed by atoms with Crippen LogP contribution in [-0.4, -0.2) is 47.4 Å². The van der Waals surface area contributed by atoms with Crippen molar-refractivity contribution in [2.24, 2.45) is 0 Å². The van der Waals surface area contributed by atoms with Crippen LogP contribution in [0.15, 0.2) is 24.3 Å². The fraction of sp³-hybridized carbons (Fsp3) is 0.529.